The van der Waals surface area contributed by atoms with Crippen molar-refractivity contribution >= 4 is 11.6 Å². The van der Waals surface area contributed by atoms with Crippen LogP contribution in [0.15, 0.2) is 0 Å². The highest BCUT2D eigenvalue weighted by molar-refractivity contribution is 5.58. The summed E-state index contributed by atoms with van der Waals surface area (Å²) in [7, 11) is 0. The highest BCUT2D eigenvalue weighted by Gasteiger charge is 2.13. The van der Waals surface area contributed by atoms with Gasteiger partial charge in [0.15, 0.2) is 0 Å². The topological polar surface area (TPSA) is 67.1 Å². The first-order chi connectivity index (χ1) is 8.13. The summed E-state index contributed by atoms with van der Waals surface area (Å²) in [6.07, 6.45) is 2.21. The van der Waals surface area contributed by atoms with E-state index in [9.17, 15) is 0 Å². The fraction of sp³-hybridized carbons (Fsp3) is 0.667. The molecule has 1 aromatic heterocycles. The van der Waals surface area contributed by atoms with Crippen molar-refractivity contribution in [2.45, 2.75) is 40.5 Å². The Bertz CT molecular complexity index is 358. The number of nitrogens with two attached hydrogens (primary N) is 1. The Morgan fingerprint density at radius 3 is 2.18 bits per heavy atom. The molecule has 0 aliphatic heterocycles. The van der Waals surface area contributed by atoms with Crippen LogP contribution in [-0.2, 0) is 0 Å². The number of nitrogens with zero attached hydrogens (tertiary/aromatic N) is 3. The molecule has 1 aromatic rings. The van der Waals surface area contributed by atoms with Gasteiger partial charge in [0, 0.05) is 18.7 Å². The van der Waals surface area contributed by atoms with Crippen LogP contribution >= 0.6 is 0 Å². The van der Waals surface area contributed by atoms with Crippen LogP contribution in [0.5, 0.6) is 0 Å². The highest BCUT2D eigenvalue weighted by Crippen LogP contribution is 2.23. The minimum absolute atomic E-state index is 0.713. The molecule has 0 unspecified atom stereocenters. The third kappa shape index (κ3) is 3.30. The van der Waals surface area contributed by atoms with Gasteiger partial charge in [0.2, 0.25) is 0 Å². The molecule has 0 saturated heterocycles. The van der Waals surface area contributed by atoms with Crippen LogP contribution in [0.3, 0.4) is 0 Å². The van der Waals surface area contributed by atoms with Crippen LogP contribution in [0.1, 0.15) is 38.1 Å². The molecule has 0 spiro atoms. The summed E-state index contributed by atoms with van der Waals surface area (Å²) in [6.45, 7) is 10.3. The fourth-order valence-corrected chi connectivity index (χ4v) is 1.93. The molecule has 5 heteroatoms. The lowest BCUT2D eigenvalue weighted by molar-refractivity contribution is 0.727. The normalized spacial score (nSPS) is 10.4. The van der Waals surface area contributed by atoms with E-state index in [1.54, 1.807) is 0 Å². The van der Waals surface area contributed by atoms with Gasteiger partial charge in [-0.05, 0) is 26.7 Å². The van der Waals surface area contributed by atoms with E-state index in [1.807, 2.05) is 13.8 Å². The van der Waals surface area contributed by atoms with E-state index < -0.39 is 0 Å². The standard InChI is InChI=1S/C12H23N5/c1-5-7-17(8-6-2)12-9(3)11(16-13)14-10(4)15-12/h5-8,13H2,1-4H3,(H,14,15,16). The Morgan fingerprint density at radius 1 is 1.12 bits per heavy atom. The van der Waals surface area contributed by atoms with Crippen LogP contribution in [0.4, 0.5) is 11.6 Å². The first-order valence-corrected chi connectivity index (χ1v) is 6.20. The lowest BCUT2D eigenvalue weighted by Gasteiger charge is -2.25. The molecule has 0 saturated carbocycles. The molecule has 0 aliphatic rings. The SMILES string of the molecule is CCCN(CCC)c1nc(C)nc(NN)c1C. The van der Waals surface area contributed by atoms with Gasteiger partial charge < -0.3 is 10.3 Å². The number of hydrogen-bond donors (Lipinski definition) is 2. The van der Waals surface area contributed by atoms with E-state index in [2.05, 4.69) is 34.1 Å². The second-order valence-electron chi connectivity index (χ2n) is 4.20. The van der Waals surface area contributed by atoms with Crippen LogP contribution in [0, 0.1) is 13.8 Å². The molecular formula is C12H23N5. The minimum Gasteiger partial charge on any atom is -0.356 e. The smallest absolute Gasteiger partial charge is 0.148 e. The summed E-state index contributed by atoms with van der Waals surface area (Å²) in [5, 5.41) is 0. The first-order valence-electron chi connectivity index (χ1n) is 6.20. The van der Waals surface area contributed by atoms with Gasteiger partial charge in [-0.1, -0.05) is 13.8 Å². The molecule has 1 heterocycles. The van der Waals surface area contributed by atoms with E-state index in [0.29, 0.717) is 5.82 Å². The summed E-state index contributed by atoms with van der Waals surface area (Å²) in [5.41, 5.74) is 3.65. The van der Waals surface area contributed by atoms with Gasteiger partial charge in [0.1, 0.15) is 17.5 Å². The van der Waals surface area contributed by atoms with Crippen LogP contribution < -0.4 is 16.2 Å². The second kappa shape index (κ2) is 6.39. The Kier molecular flexibility index (Phi) is 5.15. The number of nitrogen functional groups attached to an aromatic ring is 1. The van der Waals surface area contributed by atoms with Gasteiger partial charge in [-0.15, -0.1) is 0 Å². The molecule has 5 nitrogen and oxygen atoms in total. The number of nitrogens with one attached hydrogen (secondary N) is 1. The molecule has 0 fully saturated rings. The summed E-state index contributed by atoms with van der Waals surface area (Å²) >= 11 is 0. The zero-order valence-corrected chi connectivity index (χ0v) is 11.2. The molecule has 0 aromatic carbocycles. The van der Waals surface area contributed by atoms with Gasteiger partial charge >= 0.3 is 0 Å². The summed E-state index contributed by atoms with van der Waals surface area (Å²) < 4.78 is 0. The van der Waals surface area contributed by atoms with Crippen molar-refractivity contribution in [3.63, 3.8) is 0 Å². The Hall–Kier alpha value is -1.36. The molecule has 1 rings (SSSR count). The Balaban J connectivity index is 3.12. The lowest BCUT2D eigenvalue weighted by Crippen LogP contribution is -2.28. The molecule has 96 valence electrons. The van der Waals surface area contributed by atoms with Crippen molar-refractivity contribution in [1.29, 1.82) is 0 Å². The van der Waals surface area contributed by atoms with Gasteiger partial charge in [-0.3, -0.25) is 0 Å². The summed E-state index contributed by atoms with van der Waals surface area (Å²) in [5.74, 6) is 7.93. The number of hydrazine groups is 1. The molecule has 0 atom stereocenters. The maximum atomic E-state index is 5.48. The van der Waals surface area contributed by atoms with E-state index in [-0.39, 0.29) is 0 Å². The van der Waals surface area contributed by atoms with Crippen molar-refractivity contribution in [2.24, 2.45) is 5.84 Å². The van der Waals surface area contributed by atoms with Gasteiger partial charge in [-0.2, -0.15) is 0 Å². The molecule has 0 bridgehead atoms. The molecule has 0 radical (unpaired) electrons. The predicted octanol–water partition coefficient (Wildman–Crippen LogP) is 2.01. The quantitative estimate of drug-likeness (QED) is 0.585. The van der Waals surface area contributed by atoms with Crippen molar-refractivity contribution in [1.82, 2.24) is 9.97 Å². The third-order valence-electron chi connectivity index (χ3n) is 2.66. The van der Waals surface area contributed by atoms with E-state index >= 15 is 0 Å². The summed E-state index contributed by atoms with van der Waals surface area (Å²) in [4.78, 5) is 11.1. The second-order valence-corrected chi connectivity index (χ2v) is 4.20. The largest absolute Gasteiger partial charge is 0.356 e. The van der Waals surface area contributed by atoms with E-state index in [1.165, 1.54) is 0 Å². The number of rotatable bonds is 6. The lowest BCUT2D eigenvalue weighted by atomic mass is 10.2. The minimum atomic E-state index is 0.713. The molecular weight excluding hydrogens is 214 g/mol. The van der Waals surface area contributed by atoms with Gasteiger partial charge in [-0.25, -0.2) is 15.8 Å². The van der Waals surface area contributed by atoms with E-state index in [4.69, 9.17) is 5.84 Å². The van der Waals surface area contributed by atoms with Gasteiger partial charge in [0.05, 0.1) is 0 Å². The highest BCUT2D eigenvalue weighted by atomic mass is 15.3. The number of aryl methyl sites for hydroxylation is 1. The average molecular weight is 237 g/mol. The third-order valence-corrected chi connectivity index (χ3v) is 2.66. The number of hydrogen-bond acceptors (Lipinski definition) is 5. The Labute approximate surface area is 103 Å². The van der Waals surface area contributed by atoms with Crippen molar-refractivity contribution < 1.29 is 0 Å². The van der Waals surface area contributed by atoms with Crippen LogP contribution in [-0.4, -0.2) is 23.1 Å². The molecule has 17 heavy (non-hydrogen) atoms. The maximum absolute atomic E-state index is 5.48. The van der Waals surface area contributed by atoms with Crippen LogP contribution in [0.25, 0.3) is 0 Å². The zero-order valence-electron chi connectivity index (χ0n) is 11.2. The fourth-order valence-electron chi connectivity index (χ4n) is 1.93. The predicted molar refractivity (Wildman–Crippen MR) is 72.1 cm³/mol. The molecule has 3 N–H and O–H groups in total. The van der Waals surface area contributed by atoms with Crippen molar-refractivity contribution in [3.05, 3.63) is 11.4 Å². The summed E-state index contributed by atoms with van der Waals surface area (Å²) in [6, 6.07) is 0. The first kappa shape index (κ1) is 13.7. The molecule has 0 aliphatic carbocycles. The average Bonchev–Trinajstić information content (AvgIpc) is 2.31. The van der Waals surface area contributed by atoms with Crippen molar-refractivity contribution in [3.8, 4) is 0 Å². The maximum Gasteiger partial charge on any atom is 0.148 e. The van der Waals surface area contributed by atoms with E-state index in [0.717, 1.165) is 43.1 Å². The number of anilines is 2. The molecule has 0 amide bonds. The monoisotopic (exact) mass is 237 g/mol. The zero-order chi connectivity index (χ0) is 12.8. The Morgan fingerprint density at radius 2 is 1.71 bits per heavy atom. The van der Waals surface area contributed by atoms with Gasteiger partial charge in [0.25, 0.3) is 0 Å². The van der Waals surface area contributed by atoms with Crippen molar-refractivity contribution in [2.75, 3.05) is 23.4 Å². The number of aromatic nitrogens is 2. The van der Waals surface area contributed by atoms with Crippen LogP contribution in [0.2, 0.25) is 0 Å².